The zero-order valence-electron chi connectivity index (χ0n) is 14.2. The van der Waals surface area contributed by atoms with E-state index in [1.165, 1.54) is 11.1 Å². The highest BCUT2D eigenvalue weighted by molar-refractivity contribution is 6.91. The van der Waals surface area contributed by atoms with Gasteiger partial charge in [-0.2, -0.15) is 0 Å². The van der Waals surface area contributed by atoms with Gasteiger partial charge in [0.25, 0.3) is 0 Å². The van der Waals surface area contributed by atoms with E-state index in [2.05, 4.69) is 75.7 Å². The first-order chi connectivity index (χ1) is 9.71. The van der Waals surface area contributed by atoms with Crippen LogP contribution in [-0.4, -0.2) is 16.1 Å². The molecule has 0 saturated heterocycles. The average molecular weight is 311 g/mol. The van der Waals surface area contributed by atoms with Gasteiger partial charge in [0.1, 0.15) is 0 Å². The van der Waals surface area contributed by atoms with E-state index in [1.54, 1.807) is 21.5 Å². The molecule has 0 amide bonds. The first kappa shape index (κ1) is 14.8. The van der Waals surface area contributed by atoms with Crippen molar-refractivity contribution in [3.63, 3.8) is 0 Å². The van der Waals surface area contributed by atoms with Gasteiger partial charge in [0.05, 0.1) is 16.1 Å². The number of allylic oxidation sites excluding steroid dienone is 12. The third kappa shape index (κ3) is 2.34. The normalized spacial score (nSPS) is 21.4. The quantitative estimate of drug-likeness (QED) is 0.584. The summed E-state index contributed by atoms with van der Waals surface area (Å²) in [5.41, 5.74) is 6.19. The maximum Gasteiger partial charge on any atom is 0.0783 e. The number of hydrogen-bond acceptors (Lipinski definition) is 0. The van der Waals surface area contributed by atoms with E-state index < -0.39 is 16.1 Å². The van der Waals surface area contributed by atoms with Gasteiger partial charge in [-0.1, -0.05) is 86.1 Å². The van der Waals surface area contributed by atoms with Gasteiger partial charge in [0.2, 0.25) is 0 Å². The van der Waals surface area contributed by atoms with Crippen LogP contribution in [0, 0.1) is 0 Å². The van der Waals surface area contributed by atoms with Crippen LogP contribution in [-0.2, 0) is 0 Å². The summed E-state index contributed by atoms with van der Waals surface area (Å²) in [5.74, 6) is 0. The van der Waals surface area contributed by atoms with Crippen molar-refractivity contribution in [3.8, 4) is 0 Å². The van der Waals surface area contributed by atoms with Gasteiger partial charge in [-0.15, -0.1) is 0 Å². The molecule has 0 atom stereocenters. The Hall–Kier alpha value is -1.13. The SMILES string of the molecule is C[Si](C)(C)C1=C([Si](C)(C)C)C(C2=CC=CC2)=C2C=CC=C21. The van der Waals surface area contributed by atoms with Crippen molar-refractivity contribution in [2.75, 3.05) is 0 Å². The maximum atomic E-state index is 2.51. The molecule has 0 nitrogen and oxygen atoms in total. The lowest BCUT2D eigenvalue weighted by Gasteiger charge is -2.29. The van der Waals surface area contributed by atoms with Gasteiger partial charge in [-0.05, 0) is 28.7 Å². The Morgan fingerprint density at radius 3 is 2.00 bits per heavy atom. The van der Waals surface area contributed by atoms with Crippen LogP contribution in [0.4, 0.5) is 0 Å². The molecule has 3 rings (SSSR count). The minimum atomic E-state index is -1.38. The molecule has 0 heterocycles. The molecule has 2 heteroatoms. The van der Waals surface area contributed by atoms with Gasteiger partial charge < -0.3 is 0 Å². The predicted molar refractivity (Wildman–Crippen MR) is 99.8 cm³/mol. The van der Waals surface area contributed by atoms with Crippen molar-refractivity contribution < 1.29 is 0 Å². The first-order valence-corrected chi connectivity index (χ1v) is 15.0. The summed E-state index contributed by atoms with van der Waals surface area (Å²) < 4.78 is 0. The van der Waals surface area contributed by atoms with Gasteiger partial charge in [-0.3, -0.25) is 0 Å². The van der Waals surface area contributed by atoms with Crippen LogP contribution in [0.25, 0.3) is 0 Å². The van der Waals surface area contributed by atoms with Gasteiger partial charge >= 0.3 is 0 Å². The van der Waals surface area contributed by atoms with Crippen molar-refractivity contribution in [1.82, 2.24) is 0 Å². The molecular formula is C19H26Si2. The van der Waals surface area contributed by atoms with Crippen LogP contribution in [0.5, 0.6) is 0 Å². The molecule has 0 radical (unpaired) electrons. The molecule has 0 N–H and O–H groups in total. The van der Waals surface area contributed by atoms with Gasteiger partial charge in [0.15, 0.2) is 0 Å². The second kappa shape index (κ2) is 4.69. The molecule has 0 aromatic rings. The fourth-order valence-electron chi connectivity index (χ4n) is 3.75. The Balaban J connectivity index is 2.29. The van der Waals surface area contributed by atoms with E-state index in [1.807, 2.05) is 0 Å². The second-order valence-electron chi connectivity index (χ2n) is 8.30. The molecular weight excluding hydrogens is 284 g/mol. The van der Waals surface area contributed by atoms with Crippen molar-refractivity contribution in [2.45, 2.75) is 45.7 Å². The van der Waals surface area contributed by atoms with E-state index in [9.17, 15) is 0 Å². The topological polar surface area (TPSA) is 0 Å². The third-order valence-electron chi connectivity index (χ3n) is 4.45. The predicted octanol–water partition coefficient (Wildman–Crippen LogP) is 5.73. The van der Waals surface area contributed by atoms with Crippen molar-refractivity contribution in [1.29, 1.82) is 0 Å². The van der Waals surface area contributed by atoms with E-state index in [4.69, 9.17) is 0 Å². The Bertz CT molecular complexity index is 678. The molecule has 0 saturated carbocycles. The molecule has 0 fully saturated rings. The summed E-state index contributed by atoms with van der Waals surface area (Å²) in [4.78, 5) is 0. The van der Waals surface area contributed by atoms with E-state index in [0.29, 0.717) is 0 Å². The Morgan fingerprint density at radius 1 is 0.810 bits per heavy atom. The lowest BCUT2D eigenvalue weighted by Crippen LogP contribution is -2.33. The van der Waals surface area contributed by atoms with E-state index in [-0.39, 0.29) is 0 Å². The van der Waals surface area contributed by atoms with Crippen LogP contribution in [0.15, 0.2) is 69.1 Å². The Morgan fingerprint density at radius 2 is 1.48 bits per heavy atom. The summed E-state index contributed by atoms with van der Waals surface area (Å²) in [7, 11) is -2.74. The minimum Gasteiger partial charge on any atom is -0.0801 e. The highest BCUT2D eigenvalue weighted by Gasteiger charge is 2.41. The highest BCUT2D eigenvalue weighted by atomic mass is 28.3. The van der Waals surface area contributed by atoms with Gasteiger partial charge in [-0.25, -0.2) is 0 Å². The summed E-state index contributed by atoms with van der Waals surface area (Å²) in [6.07, 6.45) is 14.9. The van der Waals surface area contributed by atoms with Crippen LogP contribution in [0.2, 0.25) is 39.3 Å². The standard InChI is InChI=1S/C19H26Si2/c1-20(2,3)18-16-13-9-12-15(16)17(14-10-7-8-11-14)19(18)21(4,5)6/h7-10,12-13H,11H2,1-6H3. The molecule has 3 aliphatic rings. The zero-order valence-corrected chi connectivity index (χ0v) is 16.2. The zero-order chi connectivity index (χ0) is 15.4. The van der Waals surface area contributed by atoms with Crippen molar-refractivity contribution >= 4 is 16.1 Å². The fraction of sp³-hybridized carbons (Fsp3) is 0.368. The van der Waals surface area contributed by atoms with E-state index in [0.717, 1.165) is 6.42 Å². The molecule has 21 heavy (non-hydrogen) atoms. The van der Waals surface area contributed by atoms with Crippen molar-refractivity contribution in [2.24, 2.45) is 0 Å². The molecule has 0 aromatic heterocycles. The monoisotopic (exact) mass is 310 g/mol. The first-order valence-electron chi connectivity index (χ1n) is 7.96. The maximum absolute atomic E-state index is 2.51. The summed E-state index contributed by atoms with van der Waals surface area (Å²) in [6.45, 7) is 15.0. The number of rotatable bonds is 3. The molecule has 0 spiro atoms. The Labute approximate surface area is 131 Å². The lowest BCUT2D eigenvalue weighted by atomic mass is 10.0. The summed E-state index contributed by atoms with van der Waals surface area (Å²) in [5, 5.41) is 3.49. The largest absolute Gasteiger partial charge is 0.0801 e. The highest BCUT2D eigenvalue weighted by Crippen LogP contribution is 2.50. The van der Waals surface area contributed by atoms with Crippen LogP contribution >= 0.6 is 0 Å². The molecule has 0 bridgehead atoms. The summed E-state index contributed by atoms with van der Waals surface area (Å²) in [6, 6.07) is 0. The van der Waals surface area contributed by atoms with Crippen LogP contribution in [0.3, 0.4) is 0 Å². The summed E-state index contributed by atoms with van der Waals surface area (Å²) >= 11 is 0. The molecule has 110 valence electrons. The fourth-order valence-corrected chi connectivity index (χ4v) is 9.83. The average Bonchev–Trinajstić information content (AvgIpc) is 3.00. The second-order valence-corrected chi connectivity index (χ2v) is 18.3. The minimum absolute atomic E-state index is 1.10. The molecule has 3 aliphatic carbocycles. The van der Waals surface area contributed by atoms with Crippen molar-refractivity contribution in [3.05, 3.63) is 69.1 Å². The van der Waals surface area contributed by atoms with Crippen LogP contribution < -0.4 is 0 Å². The smallest absolute Gasteiger partial charge is 0.0783 e. The molecule has 0 unspecified atom stereocenters. The molecule has 0 aliphatic heterocycles. The third-order valence-corrected chi connectivity index (χ3v) is 8.72. The number of hydrogen-bond donors (Lipinski definition) is 0. The van der Waals surface area contributed by atoms with E-state index >= 15 is 0 Å². The number of fused-ring (bicyclic) bond motifs is 1. The van der Waals surface area contributed by atoms with Crippen LogP contribution in [0.1, 0.15) is 6.42 Å². The molecule has 0 aromatic carbocycles. The Kier molecular flexibility index (Phi) is 3.30. The lowest BCUT2D eigenvalue weighted by molar-refractivity contribution is 1.26. The van der Waals surface area contributed by atoms with Gasteiger partial charge in [0, 0.05) is 0 Å².